The van der Waals surface area contributed by atoms with E-state index in [-0.39, 0.29) is 0 Å². The van der Waals surface area contributed by atoms with Crippen molar-refractivity contribution in [3.8, 4) is 16.9 Å². The molecule has 138 valence electrons. The fourth-order valence-corrected chi connectivity index (χ4v) is 3.21. The molecule has 3 aromatic carbocycles. The molecule has 0 aliphatic heterocycles. The predicted octanol–water partition coefficient (Wildman–Crippen LogP) is 5.64. The van der Waals surface area contributed by atoms with Crippen LogP contribution < -0.4 is 10.4 Å². The van der Waals surface area contributed by atoms with E-state index < -0.39 is 11.6 Å². The lowest BCUT2D eigenvalue weighted by molar-refractivity contribution is 0.0735. The maximum atomic E-state index is 12.5. The lowest BCUT2D eigenvalue weighted by Gasteiger charge is -2.10. The molecule has 4 aromatic rings. The molecule has 5 heteroatoms. The zero-order valence-corrected chi connectivity index (χ0v) is 15.7. The molecular formula is C23H15ClO4. The smallest absolute Gasteiger partial charge is 0.344 e. The number of hydrogen-bond donors (Lipinski definition) is 0. The molecule has 0 bridgehead atoms. The van der Waals surface area contributed by atoms with Crippen molar-refractivity contribution in [2.75, 3.05) is 0 Å². The summed E-state index contributed by atoms with van der Waals surface area (Å²) in [5.41, 5.74) is 2.37. The summed E-state index contributed by atoms with van der Waals surface area (Å²) in [5, 5.41) is 1.28. The van der Waals surface area contributed by atoms with E-state index in [0.717, 1.165) is 5.56 Å². The average molecular weight is 391 g/mol. The molecule has 0 radical (unpaired) electrons. The van der Waals surface area contributed by atoms with Crippen molar-refractivity contribution in [2.24, 2.45) is 0 Å². The van der Waals surface area contributed by atoms with E-state index in [4.69, 9.17) is 20.8 Å². The van der Waals surface area contributed by atoms with Gasteiger partial charge in [0.15, 0.2) is 0 Å². The van der Waals surface area contributed by atoms with E-state index in [1.54, 1.807) is 66.7 Å². The summed E-state index contributed by atoms with van der Waals surface area (Å²) >= 11 is 5.94. The molecule has 28 heavy (non-hydrogen) atoms. The summed E-state index contributed by atoms with van der Waals surface area (Å²) < 4.78 is 11.0. The third-order valence-electron chi connectivity index (χ3n) is 4.49. The number of fused-ring (bicyclic) bond motifs is 1. The summed E-state index contributed by atoms with van der Waals surface area (Å²) in [6, 6.07) is 20.7. The molecule has 1 heterocycles. The number of hydrogen-bond acceptors (Lipinski definition) is 4. The van der Waals surface area contributed by atoms with Gasteiger partial charge in [0.25, 0.3) is 0 Å². The Labute approximate surface area is 166 Å². The molecule has 0 amide bonds. The molecule has 0 N–H and O–H groups in total. The normalized spacial score (nSPS) is 10.8. The number of ether oxygens (including phenoxy) is 1. The summed E-state index contributed by atoms with van der Waals surface area (Å²) in [7, 11) is 0. The van der Waals surface area contributed by atoms with Crippen LogP contribution in [0.15, 0.2) is 82.0 Å². The van der Waals surface area contributed by atoms with Crippen LogP contribution in [0.4, 0.5) is 0 Å². The van der Waals surface area contributed by atoms with Gasteiger partial charge in [0, 0.05) is 10.4 Å². The number of benzene rings is 3. The lowest BCUT2D eigenvalue weighted by Crippen LogP contribution is -2.09. The SMILES string of the molecule is Cc1c(-c2ccc(Cl)cc2)c(=O)oc2ccc(OC(=O)c3ccccc3)cc12. The molecule has 0 atom stereocenters. The van der Waals surface area contributed by atoms with Crippen LogP contribution in [0.1, 0.15) is 15.9 Å². The molecule has 0 saturated carbocycles. The summed E-state index contributed by atoms with van der Waals surface area (Å²) in [4.78, 5) is 24.8. The highest BCUT2D eigenvalue weighted by atomic mass is 35.5. The van der Waals surface area contributed by atoms with Gasteiger partial charge in [-0.2, -0.15) is 0 Å². The molecule has 0 unspecified atom stereocenters. The van der Waals surface area contributed by atoms with Crippen molar-refractivity contribution >= 4 is 28.5 Å². The molecule has 1 aromatic heterocycles. The second kappa shape index (κ2) is 7.33. The first-order valence-corrected chi connectivity index (χ1v) is 9.01. The Balaban J connectivity index is 1.77. The number of halogens is 1. The minimum atomic E-state index is -0.451. The van der Waals surface area contributed by atoms with E-state index >= 15 is 0 Å². The van der Waals surface area contributed by atoms with Gasteiger partial charge in [-0.05, 0) is 60.5 Å². The zero-order valence-electron chi connectivity index (χ0n) is 14.9. The van der Waals surface area contributed by atoms with Crippen LogP contribution in [0, 0.1) is 6.92 Å². The van der Waals surface area contributed by atoms with Crippen molar-refractivity contribution in [3.63, 3.8) is 0 Å². The first-order valence-electron chi connectivity index (χ1n) is 8.63. The number of aryl methyl sites for hydroxylation is 1. The van der Waals surface area contributed by atoms with Crippen LogP contribution in [0.5, 0.6) is 5.75 Å². The van der Waals surface area contributed by atoms with Gasteiger partial charge in [-0.3, -0.25) is 0 Å². The fraction of sp³-hybridized carbons (Fsp3) is 0.0435. The molecule has 0 aliphatic carbocycles. The second-order valence-electron chi connectivity index (χ2n) is 6.31. The van der Waals surface area contributed by atoms with Gasteiger partial charge in [-0.25, -0.2) is 9.59 Å². The van der Waals surface area contributed by atoms with Crippen LogP contribution >= 0.6 is 11.6 Å². The maximum Gasteiger partial charge on any atom is 0.344 e. The van der Waals surface area contributed by atoms with Crippen molar-refractivity contribution in [1.82, 2.24) is 0 Å². The number of carbonyl (C=O) groups excluding carboxylic acids is 1. The third-order valence-corrected chi connectivity index (χ3v) is 4.74. The van der Waals surface area contributed by atoms with E-state index in [1.165, 1.54) is 0 Å². The lowest BCUT2D eigenvalue weighted by atomic mass is 9.99. The van der Waals surface area contributed by atoms with Gasteiger partial charge in [0.1, 0.15) is 11.3 Å². The zero-order chi connectivity index (χ0) is 19.7. The van der Waals surface area contributed by atoms with E-state index in [1.807, 2.05) is 13.0 Å². The molecule has 0 fully saturated rings. The maximum absolute atomic E-state index is 12.5. The highest BCUT2D eigenvalue weighted by Crippen LogP contribution is 2.30. The molecule has 0 aliphatic rings. The molecule has 4 nitrogen and oxygen atoms in total. The highest BCUT2D eigenvalue weighted by Gasteiger charge is 2.15. The Bertz CT molecular complexity index is 1230. The Hall–Kier alpha value is -3.37. The van der Waals surface area contributed by atoms with Crippen molar-refractivity contribution in [1.29, 1.82) is 0 Å². The van der Waals surface area contributed by atoms with Crippen molar-refractivity contribution < 1.29 is 13.9 Å². The largest absolute Gasteiger partial charge is 0.423 e. The highest BCUT2D eigenvalue weighted by molar-refractivity contribution is 6.30. The second-order valence-corrected chi connectivity index (χ2v) is 6.75. The summed E-state index contributed by atoms with van der Waals surface area (Å²) in [6.45, 7) is 1.84. The van der Waals surface area contributed by atoms with Gasteiger partial charge >= 0.3 is 11.6 Å². The van der Waals surface area contributed by atoms with Crippen molar-refractivity contribution in [2.45, 2.75) is 6.92 Å². The molecule has 0 saturated heterocycles. The first kappa shape index (κ1) is 18.0. The number of rotatable bonds is 3. The number of carbonyl (C=O) groups is 1. The Kier molecular flexibility index (Phi) is 4.72. The van der Waals surface area contributed by atoms with Gasteiger partial charge in [-0.15, -0.1) is 0 Å². The fourth-order valence-electron chi connectivity index (χ4n) is 3.08. The minimum Gasteiger partial charge on any atom is -0.423 e. The van der Waals surface area contributed by atoms with Crippen molar-refractivity contribution in [3.05, 3.63) is 99.4 Å². The Morgan fingerprint density at radius 2 is 1.68 bits per heavy atom. The predicted molar refractivity (Wildman–Crippen MR) is 109 cm³/mol. The van der Waals surface area contributed by atoms with E-state index in [9.17, 15) is 9.59 Å². The quantitative estimate of drug-likeness (QED) is 0.258. The molecular weight excluding hydrogens is 376 g/mol. The third kappa shape index (κ3) is 3.42. The van der Waals surface area contributed by atoms with Crippen LogP contribution in [0.2, 0.25) is 5.02 Å². The first-order chi connectivity index (χ1) is 13.5. The summed E-state index contributed by atoms with van der Waals surface area (Å²) in [5.74, 6) is -0.0757. The Morgan fingerprint density at radius 3 is 2.39 bits per heavy atom. The average Bonchev–Trinajstić information content (AvgIpc) is 2.70. The summed E-state index contributed by atoms with van der Waals surface area (Å²) in [6.07, 6.45) is 0. The number of esters is 1. The van der Waals surface area contributed by atoms with Crippen LogP contribution in [0.25, 0.3) is 22.1 Å². The van der Waals surface area contributed by atoms with Gasteiger partial charge in [0.2, 0.25) is 0 Å². The van der Waals surface area contributed by atoms with E-state index in [0.29, 0.717) is 38.4 Å². The van der Waals surface area contributed by atoms with Gasteiger partial charge in [-0.1, -0.05) is 41.9 Å². The van der Waals surface area contributed by atoms with E-state index in [2.05, 4.69) is 0 Å². The molecule has 0 spiro atoms. The monoisotopic (exact) mass is 390 g/mol. The Morgan fingerprint density at radius 1 is 0.964 bits per heavy atom. The van der Waals surface area contributed by atoms with Crippen LogP contribution in [-0.4, -0.2) is 5.97 Å². The van der Waals surface area contributed by atoms with Gasteiger partial charge < -0.3 is 9.15 Å². The van der Waals surface area contributed by atoms with Crippen LogP contribution in [0.3, 0.4) is 0 Å². The topological polar surface area (TPSA) is 56.5 Å². The standard InChI is InChI=1S/C23H15ClO4/c1-14-19-13-18(27-22(25)16-5-3-2-4-6-16)11-12-20(19)28-23(26)21(14)15-7-9-17(24)10-8-15/h2-13H,1H3. The minimum absolute atomic E-state index is 0.375. The molecule has 4 rings (SSSR count). The van der Waals surface area contributed by atoms with Crippen LogP contribution in [-0.2, 0) is 0 Å². The van der Waals surface area contributed by atoms with Gasteiger partial charge in [0.05, 0.1) is 11.1 Å².